The normalized spacial score (nSPS) is 19.8. The summed E-state index contributed by atoms with van der Waals surface area (Å²) in [6.45, 7) is 4.12. The number of nitrogens with zero attached hydrogens (tertiary/aromatic N) is 5. The van der Waals surface area contributed by atoms with Crippen LogP contribution >= 0.6 is 0 Å². The van der Waals surface area contributed by atoms with Crippen LogP contribution in [0.25, 0.3) is 0 Å². The van der Waals surface area contributed by atoms with Crippen molar-refractivity contribution in [2.24, 2.45) is 10.7 Å². The minimum Gasteiger partial charge on any atom is -0.394 e. The Morgan fingerprint density at radius 3 is 3.06 bits per heavy atom. The molecule has 1 aromatic rings. The van der Waals surface area contributed by atoms with Gasteiger partial charge in [-0.3, -0.25) is 4.99 Å². The summed E-state index contributed by atoms with van der Waals surface area (Å²) in [5.74, 6) is 0.577. The average Bonchev–Trinajstić information content (AvgIpc) is 2.89. The van der Waals surface area contributed by atoms with E-state index in [0.29, 0.717) is 19.0 Å². The SMILES string of the molecule is CCCN1C(N)=NCC1c1cn(CCO)nn1. The number of aliphatic imine (C=N–C) groups is 1. The Bertz CT molecular complexity index is 401. The predicted octanol–water partition coefficient (Wildman–Crippen LogP) is -0.648. The van der Waals surface area contributed by atoms with Gasteiger partial charge in [-0.25, -0.2) is 4.68 Å². The summed E-state index contributed by atoms with van der Waals surface area (Å²) in [4.78, 5) is 6.29. The second-order valence-electron chi connectivity index (χ2n) is 4.04. The molecule has 2 rings (SSSR count). The van der Waals surface area contributed by atoms with E-state index in [1.54, 1.807) is 4.68 Å². The summed E-state index contributed by atoms with van der Waals surface area (Å²) in [6.07, 6.45) is 2.86. The minimum atomic E-state index is 0.0603. The van der Waals surface area contributed by atoms with Crippen LogP contribution in [0.1, 0.15) is 25.1 Å². The van der Waals surface area contributed by atoms with Gasteiger partial charge in [0.2, 0.25) is 0 Å². The van der Waals surface area contributed by atoms with Crippen molar-refractivity contribution in [3.63, 3.8) is 0 Å². The van der Waals surface area contributed by atoms with Crippen molar-refractivity contribution in [1.29, 1.82) is 0 Å². The Labute approximate surface area is 99.9 Å². The molecule has 1 aromatic heterocycles. The molecular formula is C10H18N6O. The first-order valence-corrected chi connectivity index (χ1v) is 5.83. The molecule has 7 heteroatoms. The van der Waals surface area contributed by atoms with Crippen LogP contribution in [0.4, 0.5) is 0 Å². The Kier molecular flexibility index (Phi) is 3.58. The van der Waals surface area contributed by atoms with Crippen molar-refractivity contribution >= 4 is 5.96 Å². The molecule has 17 heavy (non-hydrogen) atoms. The van der Waals surface area contributed by atoms with E-state index in [9.17, 15) is 0 Å². The maximum absolute atomic E-state index is 8.83. The highest BCUT2D eigenvalue weighted by atomic mass is 16.3. The lowest BCUT2D eigenvalue weighted by Crippen LogP contribution is -2.36. The standard InChI is InChI=1S/C10H18N6O/c1-2-3-16-9(6-12-10(16)11)8-7-15(4-5-17)14-13-8/h7,9,17H,2-6H2,1H3,(H2,11,12). The van der Waals surface area contributed by atoms with Gasteiger partial charge in [-0.05, 0) is 6.42 Å². The maximum atomic E-state index is 8.83. The lowest BCUT2D eigenvalue weighted by Gasteiger charge is -2.23. The third kappa shape index (κ3) is 2.38. The van der Waals surface area contributed by atoms with E-state index >= 15 is 0 Å². The number of hydrogen-bond donors (Lipinski definition) is 2. The molecule has 0 bridgehead atoms. The van der Waals surface area contributed by atoms with Gasteiger partial charge >= 0.3 is 0 Å². The molecule has 0 spiro atoms. The molecule has 3 N–H and O–H groups in total. The molecule has 0 saturated heterocycles. The highest BCUT2D eigenvalue weighted by Crippen LogP contribution is 2.23. The van der Waals surface area contributed by atoms with Crippen LogP contribution in [0.5, 0.6) is 0 Å². The van der Waals surface area contributed by atoms with E-state index in [-0.39, 0.29) is 12.6 Å². The Morgan fingerprint density at radius 1 is 1.53 bits per heavy atom. The van der Waals surface area contributed by atoms with E-state index in [1.807, 2.05) is 11.1 Å². The fraction of sp³-hybridized carbons (Fsp3) is 0.700. The van der Waals surface area contributed by atoms with Gasteiger partial charge < -0.3 is 15.7 Å². The Morgan fingerprint density at radius 2 is 2.35 bits per heavy atom. The molecule has 0 aliphatic carbocycles. The number of aliphatic hydroxyl groups excluding tert-OH is 1. The zero-order valence-corrected chi connectivity index (χ0v) is 9.95. The molecule has 1 aliphatic heterocycles. The van der Waals surface area contributed by atoms with Gasteiger partial charge in [0.15, 0.2) is 5.96 Å². The lowest BCUT2D eigenvalue weighted by atomic mass is 10.2. The summed E-state index contributed by atoms with van der Waals surface area (Å²) < 4.78 is 1.63. The third-order valence-corrected chi connectivity index (χ3v) is 2.79. The number of aromatic nitrogens is 3. The van der Waals surface area contributed by atoms with Gasteiger partial charge in [-0.2, -0.15) is 0 Å². The molecule has 0 saturated carbocycles. The predicted molar refractivity (Wildman–Crippen MR) is 63.3 cm³/mol. The molecule has 0 radical (unpaired) electrons. The van der Waals surface area contributed by atoms with Gasteiger partial charge in [-0.15, -0.1) is 5.10 Å². The number of rotatable bonds is 5. The van der Waals surface area contributed by atoms with Gasteiger partial charge in [0.1, 0.15) is 5.69 Å². The smallest absolute Gasteiger partial charge is 0.191 e. The van der Waals surface area contributed by atoms with Crippen molar-refractivity contribution in [2.75, 3.05) is 19.7 Å². The monoisotopic (exact) mass is 238 g/mol. The fourth-order valence-electron chi connectivity index (χ4n) is 1.97. The molecular weight excluding hydrogens is 220 g/mol. The first-order chi connectivity index (χ1) is 8.26. The molecule has 1 aliphatic rings. The largest absolute Gasteiger partial charge is 0.394 e. The van der Waals surface area contributed by atoms with Crippen molar-refractivity contribution in [2.45, 2.75) is 25.9 Å². The Hall–Kier alpha value is -1.63. The van der Waals surface area contributed by atoms with Crippen molar-refractivity contribution in [1.82, 2.24) is 19.9 Å². The topological polar surface area (TPSA) is 92.6 Å². The van der Waals surface area contributed by atoms with Crippen molar-refractivity contribution in [3.8, 4) is 0 Å². The number of guanidine groups is 1. The van der Waals surface area contributed by atoms with Crippen LogP contribution in [0.2, 0.25) is 0 Å². The molecule has 0 fully saturated rings. The maximum Gasteiger partial charge on any atom is 0.191 e. The summed E-state index contributed by atoms with van der Waals surface area (Å²) >= 11 is 0. The molecule has 1 unspecified atom stereocenters. The zero-order valence-electron chi connectivity index (χ0n) is 9.95. The van der Waals surface area contributed by atoms with Crippen LogP contribution in [0.15, 0.2) is 11.2 Å². The third-order valence-electron chi connectivity index (χ3n) is 2.79. The van der Waals surface area contributed by atoms with E-state index in [2.05, 4.69) is 22.2 Å². The van der Waals surface area contributed by atoms with Crippen LogP contribution in [-0.4, -0.2) is 50.7 Å². The second-order valence-corrected chi connectivity index (χ2v) is 4.04. The summed E-state index contributed by atoms with van der Waals surface area (Å²) in [6, 6.07) is 0.0855. The van der Waals surface area contributed by atoms with E-state index in [1.165, 1.54) is 0 Å². The van der Waals surface area contributed by atoms with E-state index < -0.39 is 0 Å². The van der Waals surface area contributed by atoms with Crippen LogP contribution in [0, 0.1) is 0 Å². The summed E-state index contributed by atoms with van der Waals surface area (Å²) in [5.41, 5.74) is 6.70. The summed E-state index contributed by atoms with van der Waals surface area (Å²) in [7, 11) is 0. The Balaban J connectivity index is 2.10. The van der Waals surface area contributed by atoms with E-state index in [4.69, 9.17) is 10.8 Å². The number of hydrogen-bond acceptors (Lipinski definition) is 6. The quantitative estimate of drug-likeness (QED) is 0.711. The highest BCUT2D eigenvalue weighted by Gasteiger charge is 2.28. The summed E-state index contributed by atoms with van der Waals surface area (Å²) in [5, 5.41) is 16.9. The number of nitrogens with two attached hydrogens (primary N) is 1. The molecule has 0 aromatic carbocycles. The second kappa shape index (κ2) is 5.13. The molecule has 2 heterocycles. The number of aliphatic hydroxyl groups is 1. The van der Waals surface area contributed by atoms with Crippen LogP contribution in [0.3, 0.4) is 0 Å². The minimum absolute atomic E-state index is 0.0603. The van der Waals surface area contributed by atoms with Crippen LogP contribution < -0.4 is 5.73 Å². The van der Waals surface area contributed by atoms with Crippen molar-refractivity contribution in [3.05, 3.63) is 11.9 Å². The molecule has 1 atom stereocenters. The van der Waals surface area contributed by atoms with Crippen molar-refractivity contribution < 1.29 is 5.11 Å². The highest BCUT2D eigenvalue weighted by molar-refractivity contribution is 5.80. The average molecular weight is 238 g/mol. The molecule has 7 nitrogen and oxygen atoms in total. The first-order valence-electron chi connectivity index (χ1n) is 5.83. The van der Waals surface area contributed by atoms with E-state index in [0.717, 1.165) is 18.7 Å². The molecule has 0 amide bonds. The lowest BCUT2D eigenvalue weighted by molar-refractivity contribution is 0.268. The molecule has 94 valence electrons. The fourth-order valence-corrected chi connectivity index (χ4v) is 1.97. The zero-order chi connectivity index (χ0) is 12.3. The van der Waals surface area contributed by atoms with Gasteiger partial charge in [0.05, 0.1) is 31.9 Å². The van der Waals surface area contributed by atoms with Gasteiger partial charge in [-0.1, -0.05) is 12.1 Å². The first kappa shape index (κ1) is 11.8. The van der Waals surface area contributed by atoms with Gasteiger partial charge in [0, 0.05) is 6.54 Å². The van der Waals surface area contributed by atoms with Gasteiger partial charge in [0.25, 0.3) is 0 Å². The van der Waals surface area contributed by atoms with Crippen LogP contribution in [-0.2, 0) is 6.54 Å².